The van der Waals surface area contributed by atoms with Crippen LogP contribution in [-0.2, 0) is 4.74 Å². The standard InChI is InChI=1S/C16H24O/c1-4-16(17-11-10-13(2)3)12-15(16)14-8-6-5-7-9-14/h5-9,13,15H,4,10-12H2,1-3H3/t15-,16+/m0/s1. The van der Waals surface area contributed by atoms with E-state index in [2.05, 4.69) is 51.1 Å². The Morgan fingerprint density at radius 3 is 2.59 bits per heavy atom. The second-order valence-corrected chi connectivity index (χ2v) is 5.62. The van der Waals surface area contributed by atoms with Gasteiger partial charge in [0.1, 0.15) is 0 Å². The van der Waals surface area contributed by atoms with Crippen LogP contribution in [0.3, 0.4) is 0 Å². The maximum absolute atomic E-state index is 6.17. The fourth-order valence-corrected chi connectivity index (χ4v) is 2.54. The summed E-state index contributed by atoms with van der Waals surface area (Å²) in [6.07, 6.45) is 3.50. The van der Waals surface area contributed by atoms with Crippen molar-refractivity contribution in [3.8, 4) is 0 Å². The van der Waals surface area contributed by atoms with Gasteiger partial charge in [-0.25, -0.2) is 0 Å². The lowest BCUT2D eigenvalue weighted by molar-refractivity contribution is 0.0195. The maximum atomic E-state index is 6.17. The van der Waals surface area contributed by atoms with Gasteiger partial charge < -0.3 is 4.74 Å². The Labute approximate surface area is 105 Å². The first-order chi connectivity index (χ1) is 8.18. The lowest BCUT2D eigenvalue weighted by atomic mass is 10.1. The van der Waals surface area contributed by atoms with Crippen LogP contribution in [0.5, 0.6) is 0 Å². The van der Waals surface area contributed by atoms with Crippen LogP contribution < -0.4 is 0 Å². The minimum Gasteiger partial charge on any atom is -0.374 e. The third kappa shape index (κ3) is 2.90. The number of hydrogen-bond donors (Lipinski definition) is 0. The lowest BCUT2D eigenvalue weighted by Crippen LogP contribution is -2.17. The molecule has 0 bridgehead atoms. The van der Waals surface area contributed by atoms with Crippen LogP contribution in [0.25, 0.3) is 0 Å². The number of benzene rings is 1. The number of rotatable bonds is 6. The van der Waals surface area contributed by atoms with Crippen LogP contribution in [0, 0.1) is 5.92 Å². The fourth-order valence-electron chi connectivity index (χ4n) is 2.54. The van der Waals surface area contributed by atoms with Crippen molar-refractivity contribution in [3.05, 3.63) is 35.9 Å². The highest BCUT2D eigenvalue weighted by molar-refractivity contribution is 5.31. The second-order valence-electron chi connectivity index (χ2n) is 5.62. The van der Waals surface area contributed by atoms with Gasteiger partial charge in [-0.1, -0.05) is 51.1 Å². The van der Waals surface area contributed by atoms with Crippen LogP contribution in [0.15, 0.2) is 30.3 Å². The van der Waals surface area contributed by atoms with E-state index in [0.717, 1.165) is 18.9 Å². The van der Waals surface area contributed by atoms with E-state index in [9.17, 15) is 0 Å². The highest BCUT2D eigenvalue weighted by atomic mass is 16.5. The largest absolute Gasteiger partial charge is 0.374 e. The number of ether oxygens (including phenoxy) is 1. The molecule has 1 fully saturated rings. The fraction of sp³-hybridized carbons (Fsp3) is 0.625. The predicted molar refractivity (Wildman–Crippen MR) is 72.2 cm³/mol. The van der Waals surface area contributed by atoms with Crippen molar-refractivity contribution in [1.29, 1.82) is 0 Å². The molecule has 1 saturated carbocycles. The van der Waals surface area contributed by atoms with Gasteiger partial charge in [-0.05, 0) is 30.7 Å². The molecule has 94 valence electrons. The van der Waals surface area contributed by atoms with Gasteiger partial charge in [0.25, 0.3) is 0 Å². The Hall–Kier alpha value is -0.820. The molecule has 0 radical (unpaired) electrons. The maximum Gasteiger partial charge on any atom is 0.0756 e. The van der Waals surface area contributed by atoms with E-state index < -0.39 is 0 Å². The first kappa shape index (κ1) is 12.6. The third-order valence-corrected chi connectivity index (χ3v) is 3.91. The Morgan fingerprint density at radius 1 is 1.29 bits per heavy atom. The molecule has 0 aliphatic heterocycles. The van der Waals surface area contributed by atoms with Crippen molar-refractivity contribution >= 4 is 0 Å². The summed E-state index contributed by atoms with van der Waals surface area (Å²) < 4.78 is 6.17. The van der Waals surface area contributed by atoms with Gasteiger partial charge in [-0.15, -0.1) is 0 Å². The lowest BCUT2D eigenvalue weighted by Gasteiger charge is -2.17. The van der Waals surface area contributed by atoms with E-state index in [0.29, 0.717) is 5.92 Å². The Morgan fingerprint density at radius 2 is 2.00 bits per heavy atom. The van der Waals surface area contributed by atoms with Gasteiger partial charge in [0.05, 0.1) is 5.60 Å². The van der Waals surface area contributed by atoms with Crippen molar-refractivity contribution in [3.63, 3.8) is 0 Å². The average Bonchev–Trinajstić information content (AvgIpc) is 3.05. The van der Waals surface area contributed by atoms with Gasteiger partial charge in [0.2, 0.25) is 0 Å². The van der Waals surface area contributed by atoms with Crippen LogP contribution in [0.2, 0.25) is 0 Å². The van der Waals surface area contributed by atoms with Crippen molar-refractivity contribution in [1.82, 2.24) is 0 Å². The first-order valence-electron chi connectivity index (χ1n) is 6.87. The van der Waals surface area contributed by atoms with Crippen LogP contribution in [0.4, 0.5) is 0 Å². The molecule has 0 spiro atoms. The molecule has 0 saturated heterocycles. The SMILES string of the molecule is CC[C@@]1(OCCC(C)C)C[C@H]1c1ccccc1. The topological polar surface area (TPSA) is 9.23 Å². The van der Waals surface area contributed by atoms with Gasteiger partial charge in [0.15, 0.2) is 0 Å². The summed E-state index contributed by atoms with van der Waals surface area (Å²) in [4.78, 5) is 0. The smallest absolute Gasteiger partial charge is 0.0756 e. The zero-order valence-corrected chi connectivity index (χ0v) is 11.3. The molecular formula is C16H24O. The summed E-state index contributed by atoms with van der Waals surface area (Å²) in [6, 6.07) is 10.8. The van der Waals surface area contributed by atoms with E-state index in [1.807, 2.05) is 0 Å². The van der Waals surface area contributed by atoms with Gasteiger partial charge in [-0.3, -0.25) is 0 Å². The summed E-state index contributed by atoms with van der Waals surface area (Å²) >= 11 is 0. The molecule has 1 nitrogen and oxygen atoms in total. The number of hydrogen-bond acceptors (Lipinski definition) is 1. The van der Waals surface area contributed by atoms with E-state index in [4.69, 9.17) is 4.74 Å². The monoisotopic (exact) mass is 232 g/mol. The summed E-state index contributed by atoms with van der Waals surface area (Å²) in [5.41, 5.74) is 1.59. The molecule has 0 aromatic heterocycles. The molecule has 0 amide bonds. The summed E-state index contributed by atoms with van der Waals surface area (Å²) in [7, 11) is 0. The molecule has 0 heterocycles. The minimum atomic E-state index is 0.149. The molecule has 0 unspecified atom stereocenters. The third-order valence-electron chi connectivity index (χ3n) is 3.91. The Bertz CT molecular complexity index is 344. The molecule has 1 heteroatoms. The van der Waals surface area contributed by atoms with Crippen LogP contribution in [-0.4, -0.2) is 12.2 Å². The average molecular weight is 232 g/mol. The van der Waals surface area contributed by atoms with Crippen molar-refractivity contribution < 1.29 is 4.74 Å². The highest BCUT2D eigenvalue weighted by Gasteiger charge is 2.54. The minimum absolute atomic E-state index is 0.149. The Kier molecular flexibility index (Phi) is 3.88. The summed E-state index contributed by atoms with van der Waals surface area (Å²) in [6.45, 7) is 7.67. The van der Waals surface area contributed by atoms with Crippen molar-refractivity contribution in [2.24, 2.45) is 5.92 Å². The Balaban J connectivity index is 1.91. The molecule has 1 aliphatic carbocycles. The molecule has 1 aromatic carbocycles. The molecular weight excluding hydrogens is 208 g/mol. The summed E-state index contributed by atoms with van der Waals surface area (Å²) in [5, 5.41) is 0. The zero-order valence-electron chi connectivity index (χ0n) is 11.3. The van der Waals surface area contributed by atoms with E-state index in [1.165, 1.54) is 18.4 Å². The van der Waals surface area contributed by atoms with Crippen molar-refractivity contribution in [2.75, 3.05) is 6.61 Å². The molecule has 1 aliphatic rings. The van der Waals surface area contributed by atoms with Crippen molar-refractivity contribution in [2.45, 2.75) is 51.6 Å². The van der Waals surface area contributed by atoms with Gasteiger partial charge in [0, 0.05) is 12.5 Å². The van der Waals surface area contributed by atoms with E-state index in [-0.39, 0.29) is 5.60 Å². The first-order valence-corrected chi connectivity index (χ1v) is 6.87. The molecule has 17 heavy (non-hydrogen) atoms. The van der Waals surface area contributed by atoms with Crippen LogP contribution in [0.1, 0.15) is 51.5 Å². The second kappa shape index (κ2) is 5.22. The molecule has 2 atom stereocenters. The zero-order chi connectivity index (χ0) is 12.3. The highest BCUT2D eigenvalue weighted by Crippen LogP contribution is 2.56. The van der Waals surface area contributed by atoms with Gasteiger partial charge in [-0.2, -0.15) is 0 Å². The summed E-state index contributed by atoms with van der Waals surface area (Å²) in [5.74, 6) is 1.36. The normalized spacial score (nSPS) is 27.4. The van der Waals surface area contributed by atoms with E-state index in [1.54, 1.807) is 0 Å². The quantitative estimate of drug-likeness (QED) is 0.707. The predicted octanol–water partition coefficient (Wildman–Crippen LogP) is 4.39. The molecule has 1 aromatic rings. The molecule has 0 N–H and O–H groups in total. The van der Waals surface area contributed by atoms with Crippen LogP contribution >= 0.6 is 0 Å². The molecule has 2 rings (SSSR count). The van der Waals surface area contributed by atoms with E-state index >= 15 is 0 Å². The van der Waals surface area contributed by atoms with Gasteiger partial charge >= 0.3 is 0 Å².